The Morgan fingerprint density at radius 2 is 1.62 bits per heavy atom. The SMILES string of the molecule is CCOP(=O)(CC(C)(C)OC(C)=O)OCC. The molecule has 0 aliphatic rings. The van der Waals surface area contributed by atoms with Crippen LogP contribution >= 0.6 is 7.60 Å². The minimum Gasteiger partial charge on any atom is -0.459 e. The van der Waals surface area contributed by atoms with E-state index in [1.165, 1.54) is 6.92 Å². The predicted octanol–water partition coefficient (Wildman–Crippen LogP) is 2.59. The van der Waals surface area contributed by atoms with Gasteiger partial charge in [-0.2, -0.15) is 0 Å². The first-order chi connectivity index (χ1) is 7.24. The third-order valence-corrected chi connectivity index (χ3v) is 4.10. The Hall–Kier alpha value is -0.380. The van der Waals surface area contributed by atoms with E-state index in [0.29, 0.717) is 13.2 Å². The molecule has 0 heterocycles. The quantitative estimate of drug-likeness (QED) is 0.514. The van der Waals surface area contributed by atoms with Crippen LogP contribution in [0.5, 0.6) is 0 Å². The first kappa shape index (κ1) is 15.6. The van der Waals surface area contributed by atoms with Gasteiger partial charge >= 0.3 is 13.6 Å². The van der Waals surface area contributed by atoms with Crippen LogP contribution in [0.1, 0.15) is 34.6 Å². The van der Waals surface area contributed by atoms with Crippen LogP contribution in [0, 0.1) is 0 Å². The lowest BCUT2D eigenvalue weighted by molar-refractivity contribution is -0.151. The summed E-state index contributed by atoms with van der Waals surface area (Å²) in [5.41, 5.74) is -0.855. The van der Waals surface area contributed by atoms with Gasteiger partial charge in [-0.25, -0.2) is 0 Å². The van der Waals surface area contributed by atoms with Crippen molar-refractivity contribution in [2.45, 2.75) is 40.2 Å². The molecule has 0 aromatic carbocycles. The van der Waals surface area contributed by atoms with Crippen molar-refractivity contribution in [2.24, 2.45) is 0 Å². The second kappa shape index (κ2) is 6.38. The molecule has 0 bridgehead atoms. The fourth-order valence-corrected chi connectivity index (χ4v) is 3.45. The van der Waals surface area contributed by atoms with Crippen molar-refractivity contribution in [3.05, 3.63) is 0 Å². The van der Waals surface area contributed by atoms with Gasteiger partial charge in [0.2, 0.25) is 0 Å². The first-order valence-electron chi connectivity index (χ1n) is 5.32. The van der Waals surface area contributed by atoms with Gasteiger partial charge < -0.3 is 13.8 Å². The van der Waals surface area contributed by atoms with Gasteiger partial charge in [-0.1, -0.05) is 0 Å². The summed E-state index contributed by atoms with van der Waals surface area (Å²) in [6.07, 6.45) is 0.0568. The van der Waals surface area contributed by atoms with Crippen LogP contribution in [0.3, 0.4) is 0 Å². The van der Waals surface area contributed by atoms with Crippen LogP contribution < -0.4 is 0 Å². The van der Waals surface area contributed by atoms with Crippen molar-refractivity contribution in [2.75, 3.05) is 19.4 Å². The van der Waals surface area contributed by atoms with Crippen molar-refractivity contribution >= 4 is 13.6 Å². The molecular weight excluding hydrogens is 231 g/mol. The maximum Gasteiger partial charge on any atom is 0.334 e. The molecule has 0 aromatic heterocycles. The molecule has 0 N–H and O–H groups in total. The highest BCUT2D eigenvalue weighted by Gasteiger charge is 2.35. The molecule has 96 valence electrons. The molecule has 5 nitrogen and oxygen atoms in total. The monoisotopic (exact) mass is 252 g/mol. The van der Waals surface area contributed by atoms with Crippen LogP contribution in [0.4, 0.5) is 0 Å². The first-order valence-corrected chi connectivity index (χ1v) is 7.05. The van der Waals surface area contributed by atoms with Gasteiger partial charge in [-0.15, -0.1) is 0 Å². The molecular formula is C10H21O5P. The molecule has 0 aromatic rings. The Labute approximate surface area is 97.0 Å². The van der Waals surface area contributed by atoms with Crippen LogP contribution in [0.15, 0.2) is 0 Å². The lowest BCUT2D eigenvalue weighted by atomic mass is 10.2. The van der Waals surface area contributed by atoms with E-state index in [1.54, 1.807) is 27.7 Å². The lowest BCUT2D eigenvalue weighted by Crippen LogP contribution is -2.32. The standard InChI is InChI=1S/C10H21O5P/c1-6-13-16(12,14-7-2)8-10(4,5)15-9(3)11/h6-8H2,1-5H3. The number of esters is 1. The smallest absolute Gasteiger partial charge is 0.334 e. The molecule has 16 heavy (non-hydrogen) atoms. The van der Waals surface area contributed by atoms with Gasteiger partial charge in [0.1, 0.15) is 5.60 Å². The van der Waals surface area contributed by atoms with Gasteiger partial charge in [0.25, 0.3) is 0 Å². The molecule has 0 rings (SSSR count). The van der Waals surface area contributed by atoms with Crippen LogP contribution in [0.2, 0.25) is 0 Å². The number of carbonyl (C=O) groups excluding carboxylic acids is 1. The molecule has 0 saturated heterocycles. The minimum absolute atomic E-state index is 0.0568. The Morgan fingerprint density at radius 3 is 1.94 bits per heavy atom. The van der Waals surface area contributed by atoms with Crippen molar-refractivity contribution in [3.63, 3.8) is 0 Å². The second-order valence-corrected chi connectivity index (χ2v) is 6.01. The van der Waals surface area contributed by atoms with Crippen LogP contribution in [-0.2, 0) is 23.1 Å². The minimum atomic E-state index is -3.17. The summed E-state index contributed by atoms with van der Waals surface area (Å²) in [4.78, 5) is 10.9. The molecule has 0 saturated carbocycles. The van der Waals surface area contributed by atoms with Crippen molar-refractivity contribution in [1.82, 2.24) is 0 Å². The van der Waals surface area contributed by atoms with Gasteiger partial charge in [-0.3, -0.25) is 9.36 Å². The van der Waals surface area contributed by atoms with E-state index in [2.05, 4.69) is 0 Å². The molecule has 0 aliphatic carbocycles. The van der Waals surface area contributed by atoms with E-state index in [9.17, 15) is 9.36 Å². The zero-order valence-electron chi connectivity index (χ0n) is 10.6. The Morgan fingerprint density at radius 1 is 1.19 bits per heavy atom. The summed E-state index contributed by atoms with van der Waals surface area (Å²) in [7, 11) is -3.17. The van der Waals surface area contributed by atoms with E-state index >= 15 is 0 Å². The second-order valence-electron chi connectivity index (χ2n) is 3.96. The van der Waals surface area contributed by atoms with Gasteiger partial charge in [0.15, 0.2) is 0 Å². The largest absolute Gasteiger partial charge is 0.459 e. The number of hydrogen-bond donors (Lipinski definition) is 0. The van der Waals surface area contributed by atoms with Gasteiger partial charge in [0.05, 0.1) is 19.4 Å². The molecule has 0 spiro atoms. The summed E-state index contributed by atoms with van der Waals surface area (Å²) in [5, 5.41) is 0. The molecule has 0 radical (unpaired) electrons. The summed E-state index contributed by atoms with van der Waals surface area (Å²) in [6.45, 7) is 8.75. The molecule has 0 fully saturated rings. The molecule has 6 heteroatoms. The Kier molecular flexibility index (Phi) is 6.23. The molecule has 0 unspecified atom stereocenters. The fourth-order valence-electron chi connectivity index (χ4n) is 1.41. The summed E-state index contributed by atoms with van der Waals surface area (Å²) in [5.74, 6) is -0.412. The highest BCUT2D eigenvalue weighted by atomic mass is 31.2. The van der Waals surface area contributed by atoms with E-state index in [-0.39, 0.29) is 6.16 Å². The van der Waals surface area contributed by atoms with E-state index < -0.39 is 19.2 Å². The summed E-state index contributed by atoms with van der Waals surface area (Å²) < 4.78 is 27.5. The maximum atomic E-state index is 12.2. The predicted molar refractivity (Wildman–Crippen MR) is 61.6 cm³/mol. The van der Waals surface area contributed by atoms with Crippen LogP contribution in [0.25, 0.3) is 0 Å². The Bertz CT molecular complexity index is 264. The van der Waals surface area contributed by atoms with Gasteiger partial charge in [0, 0.05) is 6.92 Å². The number of ether oxygens (including phenoxy) is 1. The highest BCUT2D eigenvalue weighted by molar-refractivity contribution is 7.53. The number of carbonyl (C=O) groups is 1. The molecule has 0 amide bonds. The molecule has 0 atom stereocenters. The van der Waals surface area contributed by atoms with Crippen molar-refractivity contribution in [1.29, 1.82) is 0 Å². The topological polar surface area (TPSA) is 61.8 Å². The maximum absolute atomic E-state index is 12.2. The third kappa shape index (κ3) is 6.26. The lowest BCUT2D eigenvalue weighted by Gasteiger charge is -2.28. The summed E-state index contributed by atoms with van der Waals surface area (Å²) >= 11 is 0. The number of hydrogen-bond acceptors (Lipinski definition) is 5. The normalized spacial score (nSPS) is 12.6. The average molecular weight is 252 g/mol. The average Bonchev–Trinajstić information content (AvgIpc) is 1.99. The Balaban J connectivity index is 4.60. The molecule has 0 aliphatic heterocycles. The summed E-state index contributed by atoms with van der Waals surface area (Å²) in [6, 6.07) is 0. The highest BCUT2D eigenvalue weighted by Crippen LogP contribution is 2.50. The zero-order valence-corrected chi connectivity index (χ0v) is 11.5. The van der Waals surface area contributed by atoms with E-state index in [0.717, 1.165) is 0 Å². The van der Waals surface area contributed by atoms with Crippen LogP contribution in [-0.4, -0.2) is 30.9 Å². The third-order valence-electron chi connectivity index (χ3n) is 1.65. The van der Waals surface area contributed by atoms with Crippen molar-refractivity contribution < 1.29 is 23.1 Å². The van der Waals surface area contributed by atoms with E-state index in [1.807, 2.05) is 0 Å². The zero-order chi connectivity index (χ0) is 12.8. The number of rotatable bonds is 7. The van der Waals surface area contributed by atoms with Gasteiger partial charge in [-0.05, 0) is 27.7 Å². The van der Waals surface area contributed by atoms with E-state index in [4.69, 9.17) is 13.8 Å². The van der Waals surface area contributed by atoms with Crippen molar-refractivity contribution in [3.8, 4) is 0 Å². The fraction of sp³-hybridized carbons (Fsp3) is 0.900.